The van der Waals surface area contributed by atoms with Gasteiger partial charge in [0.1, 0.15) is 0 Å². The zero-order chi connectivity index (χ0) is 12.6. The largest absolute Gasteiger partial charge is 0.359 e. The molecule has 16 heavy (non-hydrogen) atoms. The van der Waals surface area contributed by atoms with Gasteiger partial charge in [0, 0.05) is 19.2 Å². The van der Waals surface area contributed by atoms with E-state index in [0.29, 0.717) is 0 Å². The number of amides is 1. The summed E-state index contributed by atoms with van der Waals surface area (Å²) in [4.78, 5) is 20.8. The SMILES string of the molecule is CC.CNC(=O)Cc1ccc([N+](=O)[O-])cc1. The number of likely N-dealkylation sites (N-methyl/N-ethyl adjacent to an activating group) is 1. The fraction of sp³-hybridized carbons (Fsp3) is 0.364. The third-order valence-electron chi connectivity index (χ3n) is 1.79. The summed E-state index contributed by atoms with van der Waals surface area (Å²) in [5.41, 5.74) is 0.792. The van der Waals surface area contributed by atoms with Crippen molar-refractivity contribution in [3.63, 3.8) is 0 Å². The number of hydrogen-bond donors (Lipinski definition) is 1. The monoisotopic (exact) mass is 224 g/mol. The lowest BCUT2D eigenvalue weighted by atomic mass is 10.1. The van der Waals surface area contributed by atoms with Gasteiger partial charge in [-0.05, 0) is 5.56 Å². The Kier molecular flexibility index (Phi) is 6.51. The fourth-order valence-corrected chi connectivity index (χ4v) is 1.01. The van der Waals surface area contributed by atoms with Crippen molar-refractivity contribution < 1.29 is 9.72 Å². The molecule has 0 heterocycles. The molecule has 0 aliphatic carbocycles. The van der Waals surface area contributed by atoms with E-state index >= 15 is 0 Å². The van der Waals surface area contributed by atoms with Crippen LogP contribution in [0.3, 0.4) is 0 Å². The summed E-state index contributed by atoms with van der Waals surface area (Å²) in [6, 6.07) is 5.93. The van der Waals surface area contributed by atoms with Crippen molar-refractivity contribution in [2.45, 2.75) is 20.3 Å². The van der Waals surface area contributed by atoms with Crippen molar-refractivity contribution in [2.75, 3.05) is 7.05 Å². The van der Waals surface area contributed by atoms with E-state index in [9.17, 15) is 14.9 Å². The summed E-state index contributed by atoms with van der Waals surface area (Å²) >= 11 is 0. The molecule has 0 atom stereocenters. The van der Waals surface area contributed by atoms with Crippen LogP contribution in [-0.2, 0) is 11.2 Å². The van der Waals surface area contributed by atoms with Crippen molar-refractivity contribution in [1.82, 2.24) is 5.32 Å². The second-order valence-electron chi connectivity index (χ2n) is 2.77. The minimum Gasteiger partial charge on any atom is -0.359 e. The van der Waals surface area contributed by atoms with E-state index in [1.54, 1.807) is 19.2 Å². The predicted molar refractivity (Wildman–Crippen MR) is 62.2 cm³/mol. The maximum atomic E-state index is 11.0. The first kappa shape index (κ1) is 14.1. The van der Waals surface area contributed by atoms with Gasteiger partial charge in [-0.25, -0.2) is 0 Å². The maximum absolute atomic E-state index is 11.0. The van der Waals surface area contributed by atoms with Gasteiger partial charge in [0.05, 0.1) is 11.3 Å². The highest BCUT2D eigenvalue weighted by Gasteiger charge is 2.05. The van der Waals surface area contributed by atoms with Gasteiger partial charge in [0.25, 0.3) is 5.69 Å². The van der Waals surface area contributed by atoms with Crippen LogP contribution in [0.25, 0.3) is 0 Å². The van der Waals surface area contributed by atoms with Crippen molar-refractivity contribution in [3.8, 4) is 0 Å². The van der Waals surface area contributed by atoms with Gasteiger partial charge in [-0.15, -0.1) is 0 Å². The molecule has 0 spiro atoms. The molecule has 0 saturated heterocycles. The smallest absolute Gasteiger partial charge is 0.269 e. The average Bonchev–Trinajstić information content (AvgIpc) is 2.32. The van der Waals surface area contributed by atoms with E-state index in [1.165, 1.54) is 12.1 Å². The van der Waals surface area contributed by atoms with E-state index < -0.39 is 4.92 Å². The lowest BCUT2D eigenvalue weighted by Gasteiger charge is -1.99. The zero-order valence-corrected chi connectivity index (χ0v) is 9.69. The van der Waals surface area contributed by atoms with Gasteiger partial charge in [-0.2, -0.15) is 0 Å². The molecule has 0 aromatic heterocycles. The molecule has 88 valence electrons. The Balaban J connectivity index is 0.00000106. The third kappa shape index (κ3) is 4.54. The molecule has 5 nitrogen and oxygen atoms in total. The summed E-state index contributed by atoms with van der Waals surface area (Å²) < 4.78 is 0. The molecule has 0 aliphatic heterocycles. The molecule has 0 radical (unpaired) electrons. The maximum Gasteiger partial charge on any atom is 0.269 e. The van der Waals surface area contributed by atoms with Crippen LogP contribution in [0.5, 0.6) is 0 Å². The number of nitro benzene ring substituents is 1. The minimum absolute atomic E-state index is 0.0330. The molecule has 0 bridgehead atoms. The highest BCUT2D eigenvalue weighted by atomic mass is 16.6. The van der Waals surface area contributed by atoms with Crippen LogP contribution in [0, 0.1) is 10.1 Å². The Labute approximate surface area is 94.6 Å². The van der Waals surface area contributed by atoms with Crippen LogP contribution in [-0.4, -0.2) is 17.9 Å². The van der Waals surface area contributed by atoms with E-state index in [0.717, 1.165) is 5.56 Å². The Morgan fingerprint density at radius 2 is 1.81 bits per heavy atom. The average molecular weight is 224 g/mol. The summed E-state index contributed by atoms with van der Waals surface area (Å²) in [7, 11) is 1.55. The minimum atomic E-state index is -0.469. The highest BCUT2D eigenvalue weighted by molar-refractivity contribution is 5.78. The molecule has 0 fully saturated rings. The van der Waals surface area contributed by atoms with Crippen LogP contribution >= 0.6 is 0 Å². The second kappa shape index (κ2) is 7.39. The van der Waals surface area contributed by atoms with Gasteiger partial charge in [0.2, 0.25) is 5.91 Å². The van der Waals surface area contributed by atoms with E-state index in [1.807, 2.05) is 13.8 Å². The second-order valence-corrected chi connectivity index (χ2v) is 2.77. The zero-order valence-electron chi connectivity index (χ0n) is 9.69. The number of hydrogen-bond acceptors (Lipinski definition) is 3. The van der Waals surface area contributed by atoms with Gasteiger partial charge < -0.3 is 5.32 Å². The van der Waals surface area contributed by atoms with E-state index in [2.05, 4.69) is 5.32 Å². The molecular weight excluding hydrogens is 208 g/mol. The number of carbonyl (C=O) groups excluding carboxylic acids is 1. The number of non-ortho nitro benzene ring substituents is 1. The van der Waals surface area contributed by atoms with Crippen LogP contribution in [0.2, 0.25) is 0 Å². The predicted octanol–water partition coefficient (Wildman–Crippen LogP) is 1.91. The van der Waals surface area contributed by atoms with Gasteiger partial charge in [0.15, 0.2) is 0 Å². The van der Waals surface area contributed by atoms with Crippen LogP contribution in [0.15, 0.2) is 24.3 Å². The Bertz CT molecular complexity index is 347. The Hall–Kier alpha value is -1.91. The van der Waals surface area contributed by atoms with E-state index in [4.69, 9.17) is 0 Å². The first-order valence-corrected chi connectivity index (χ1v) is 5.07. The van der Waals surface area contributed by atoms with E-state index in [-0.39, 0.29) is 18.0 Å². The van der Waals surface area contributed by atoms with Gasteiger partial charge in [-0.1, -0.05) is 26.0 Å². The molecule has 1 aromatic rings. The first-order valence-electron chi connectivity index (χ1n) is 5.07. The molecule has 1 rings (SSSR count). The Morgan fingerprint density at radius 3 is 2.19 bits per heavy atom. The fourth-order valence-electron chi connectivity index (χ4n) is 1.01. The first-order chi connectivity index (χ1) is 7.63. The van der Waals surface area contributed by atoms with Gasteiger partial charge in [-0.3, -0.25) is 14.9 Å². The molecule has 1 N–H and O–H groups in total. The van der Waals surface area contributed by atoms with Crippen LogP contribution in [0.4, 0.5) is 5.69 Å². The standard InChI is InChI=1S/C9H10N2O3.C2H6/c1-10-9(12)6-7-2-4-8(5-3-7)11(13)14;1-2/h2-5H,6H2,1H3,(H,10,12);1-2H3. The number of nitro groups is 1. The molecule has 1 aromatic carbocycles. The molecule has 1 amide bonds. The lowest BCUT2D eigenvalue weighted by molar-refractivity contribution is -0.384. The van der Waals surface area contributed by atoms with Crippen molar-refractivity contribution in [3.05, 3.63) is 39.9 Å². The number of benzene rings is 1. The van der Waals surface area contributed by atoms with Crippen molar-refractivity contribution >= 4 is 11.6 Å². The Morgan fingerprint density at radius 1 is 1.31 bits per heavy atom. The van der Waals surface area contributed by atoms with Crippen LogP contribution in [0.1, 0.15) is 19.4 Å². The van der Waals surface area contributed by atoms with Crippen molar-refractivity contribution in [2.24, 2.45) is 0 Å². The molecule has 0 saturated carbocycles. The number of nitrogens with one attached hydrogen (secondary N) is 1. The molecule has 0 unspecified atom stereocenters. The van der Waals surface area contributed by atoms with Crippen LogP contribution < -0.4 is 5.32 Å². The number of nitrogens with zero attached hydrogens (tertiary/aromatic N) is 1. The normalized spacial score (nSPS) is 8.69. The lowest BCUT2D eigenvalue weighted by Crippen LogP contribution is -2.19. The summed E-state index contributed by atoms with van der Waals surface area (Å²) in [5, 5.41) is 12.8. The molecular formula is C11H16N2O3. The molecule has 0 aliphatic rings. The topological polar surface area (TPSA) is 72.2 Å². The van der Waals surface area contributed by atoms with Crippen molar-refractivity contribution in [1.29, 1.82) is 0 Å². The number of carbonyl (C=O) groups is 1. The third-order valence-corrected chi connectivity index (χ3v) is 1.79. The quantitative estimate of drug-likeness (QED) is 0.629. The highest BCUT2D eigenvalue weighted by Crippen LogP contribution is 2.11. The molecule has 5 heteroatoms. The van der Waals surface area contributed by atoms with Gasteiger partial charge >= 0.3 is 0 Å². The summed E-state index contributed by atoms with van der Waals surface area (Å²) in [6.45, 7) is 4.00. The summed E-state index contributed by atoms with van der Waals surface area (Å²) in [6.07, 6.45) is 0.245. The number of rotatable bonds is 3. The summed E-state index contributed by atoms with van der Waals surface area (Å²) in [5.74, 6) is -0.112.